The molecule has 1 saturated heterocycles. The standard InChI is InChI=1S/C17H23N5OS.HI/c1-13-2-4-14(5-3-13)15(23)12-20-16(18)21-7-9-22(10-8-21)17-19-6-11-24-17;/h2-6,11,15,23H,7-10,12H2,1H3,(H2,18,20);1H. The van der Waals surface area contributed by atoms with Gasteiger partial charge in [0, 0.05) is 37.8 Å². The van der Waals surface area contributed by atoms with Crippen LogP contribution in [-0.2, 0) is 0 Å². The van der Waals surface area contributed by atoms with Gasteiger partial charge >= 0.3 is 0 Å². The monoisotopic (exact) mass is 473 g/mol. The smallest absolute Gasteiger partial charge is 0.191 e. The molecule has 0 aliphatic carbocycles. The maximum absolute atomic E-state index is 10.2. The van der Waals surface area contributed by atoms with Gasteiger partial charge in [-0.25, -0.2) is 4.98 Å². The Morgan fingerprint density at radius 2 is 1.96 bits per heavy atom. The number of aromatic nitrogens is 1. The van der Waals surface area contributed by atoms with Gasteiger partial charge in [-0.2, -0.15) is 0 Å². The second kappa shape index (κ2) is 9.35. The molecule has 1 aromatic carbocycles. The van der Waals surface area contributed by atoms with Crippen molar-refractivity contribution in [2.24, 2.45) is 10.7 Å². The Labute approximate surface area is 169 Å². The van der Waals surface area contributed by atoms with E-state index in [0.29, 0.717) is 5.96 Å². The Morgan fingerprint density at radius 3 is 2.56 bits per heavy atom. The number of benzene rings is 1. The highest BCUT2D eigenvalue weighted by molar-refractivity contribution is 14.0. The number of anilines is 1. The first-order valence-electron chi connectivity index (χ1n) is 8.07. The number of aliphatic hydroxyl groups is 1. The molecule has 1 fully saturated rings. The Kier molecular flexibility index (Phi) is 7.45. The van der Waals surface area contributed by atoms with Crippen molar-refractivity contribution in [2.45, 2.75) is 13.0 Å². The quantitative estimate of drug-likeness (QED) is 0.405. The molecule has 1 aliphatic rings. The summed E-state index contributed by atoms with van der Waals surface area (Å²) in [7, 11) is 0. The molecule has 136 valence electrons. The summed E-state index contributed by atoms with van der Waals surface area (Å²) in [6.45, 7) is 5.69. The summed E-state index contributed by atoms with van der Waals surface area (Å²) < 4.78 is 0. The molecular weight excluding hydrogens is 449 g/mol. The lowest BCUT2D eigenvalue weighted by Crippen LogP contribution is -2.51. The fourth-order valence-corrected chi connectivity index (χ4v) is 3.37. The second-order valence-corrected chi connectivity index (χ2v) is 6.79. The fraction of sp³-hybridized carbons (Fsp3) is 0.412. The molecule has 1 unspecified atom stereocenters. The van der Waals surface area contributed by atoms with Crippen LogP contribution in [-0.4, -0.2) is 53.7 Å². The third-order valence-corrected chi connectivity index (χ3v) is 5.01. The summed E-state index contributed by atoms with van der Waals surface area (Å²) in [6.07, 6.45) is 1.20. The fourth-order valence-electron chi connectivity index (χ4n) is 2.67. The number of hydrogen-bond donors (Lipinski definition) is 2. The third-order valence-electron chi connectivity index (χ3n) is 4.18. The molecule has 2 aromatic rings. The molecule has 3 N–H and O–H groups in total. The molecule has 0 spiro atoms. The molecule has 6 nitrogen and oxygen atoms in total. The Morgan fingerprint density at radius 1 is 1.28 bits per heavy atom. The van der Waals surface area contributed by atoms with Crippen molar-refractivity contribution >= 4 is 46.4 Å². The van der Waals surface area contributed by atoms with Crippen molar-refractivity contribution in [3.63, 3.8) is 0 Å². The number of aliphatic imine (C=N–C) groups is 1. The zero-order chi connectivity index (χ0) is 16.9. The van der Waals surface area contributed by atoms with Crippen LogP contribution in [0.5, 0.6) is 0 Å². The van der Waals surface area contributed by atoms with Gasteiger partial charge in [-0.05, 0) is 12.5 Å². The number of aryl methyl sites for hydroxylation is 1. The SMILES string of the molecule is Cc1ccc(C(O)CN=C(N)N2CCN(c3nccs3)CC2)cc1.I. The van der Waals surface area contributed by atoms with Crippen LogP contribution in [0.4, 0.5) is 5.13 Å². The van der Waals surface area contributed by atoms with Gasteiger partial charge in [0.1, 0.15) is 0 Å². The van der Waals surface area contributed by atoms with Crippen LogP contribution in [0.2, 0.25) is 0 Å². The van der Waals surface area contributed by atoms with Crippen LogP contribution in [0.1, 0.15) is 17.2 Å². The topological polar surface area (TPSA) is 78.0 Å². The first kappa shape index (κ1) is 19.9. The molecule has 3 rings (SSSR count). The van der Waals surface area contributed by atoms with Gasteiger partial charge in [-0.15, -0.1) is 35.3 Å². The van der Waals surface area contributed by atoms with Crippen LogP contribution in [0.25, 0.3) is 0 Å². The average molecular weight is 473 g/mol. The number of piperazine rings is 1. The van der Waals surface area contributed by atoms with Gasteiger partial charge in [0.2, 0.25) is 0 Å². The Bertz CT molecular complexity index is 669. The van der Waals surface area contributed by atoms with E-state index in [-0.39, 0.29) is 30.5 Å². The lowest BCUT2D eigenvalue weighted by atomic mass is 10.1. The number of halogens is 1. The van der Waals surface area contributed by atoms with E-state index in [1.165, 1.54) is 5.56 Å². The number of nitrogens with two attached hydrogens (primary N) is 1. The summed E-state index contributed by atoms with van der Waals surface area (Å²) in [5, 5.41) is 13.3. The average Bonchev–Trinajstić information content (AvgIpc) is 3.15. The zero-order valence-corrected chi connectivity index (χ0v) is 17.4. The molecule has 8 heteroatoms. The van der Waals surface area contributed by atoms with Crippen molar-refractivity contribution in [3.05, 3.63) is 47.0 Å². The number of thiazole rings is 1. The summed E-state index contributed by atoms with van der Waals surface area (Å²) in [5.41, 5.74) is 8.14. The highest BCUT2D eigenvalue weighted by Crippen LogP contribution is 2.19. The number of guanidine groups is 1. The van der Waals surface area contributed by atoms with E-state index in [9.17, 15) is 5.11 Å². The van der Waals surface area contributed by atoms with Crippen LogP contribution < -0.4 is 10.6 Å². The van der Waals surface area contributed by atoms with Crippen molar-refractivity contribution in [3.8, 4) is 0 Å². The Hall–Kier alpha value is -1.39. The van der Waals surface area contributed by atoms with E-state index in [1.807, 2.05) is 42.8 Å². The Balaban J connectivity index is 0.00000225. The lowest BCUT2D eigenvalue weighted by molar-refractivity contribution is 0.186. The van der Waals surface area contributed by atoms with E-state index in [1.54, 1.807) is 11.3 Å². The van der Waals surface area contributed by atoms with Crippen LogP contribution in [0.3, 0.4) is 0 Å². The van der Waals surface area contributed by atoms with E-state index in [0.717, 1.165) is 36.9 Å². The third kappa shape index (κ3) is 5.29. The van der Waals surface area contributed by atoms with Crippen LogP contribution in [0.15, 0.2) is 40.8 Å². The number of nitrogens with zero attached hydrogens (tertiary/aromatic N) is 4. The minimum absolute atomic E-state index is 0. The highest BCUT2D eigenvalue weighted by atomic mass is 127. The van der Waals surface area contributed by atoms with Gasteiger partial charge in [-0.3, -0.25) is 4.99 Å². The van der Waals surface area contributed by atoms with Gasteiger partial charge in [0.25, 0.3) is 0 Å². The molecule has 1 aliphatic heterocycles. The first-order chi connectivity index (χ1) is 11.6. The predicted molar refractivity (Wildman–Crippen MR) is 114 cm³/mol. The highest BCUT2D eigenvalue weighted by Gasteiger charge is 2.20. The minimum atomic E-state index is -0.624. The normalized spacial score (nSPS) is 16.5. The summed E-state index contributed by atoms with van der Waals surface area (Å²) in [6, 6.07) is 7.84. The van der Waals surface area contributed by atoms with Crippen molar-refractivity contribution < 1.29 is 5.11 Å². The number of hydrogen-bond acceptors (Lipinski definition) is 5. The molecule has 0 bridgehead atoms. The van der Waals surface area contributed by atoms with Gasteiger partial charge < -0.3 is 20.6 Å². The maximum Gasteiger partial charge on any atom is 0.191 e. The molecule has 2 heterocycles. The van der Waals surface area contributed by atoms with E-state index >= 15 is 0 Å². The number of rotatable bonds is 4. The van der Waals surface area contributed by atoms with Gasteiger partial charge in [0.15, 0.2) is 11.1 Å². The zero-order valence-electron chi connectivity index (χ0n) is 14.2. The van der Waals surface area contributed by atoms with Crippen LogP contribution in [0, 0.1) is 6.92 Å². The number of aliphatic hydroxyl groups excluding tert-OH is 1. The van der Waals surface area contributed by atoms with Gasteiger partial charge in [-0.1, -0.05) is 29.8 Å². The van der Waals surface area contributed by atoms with E-state index < -0.39 is 6.10 Å². The van der Waals surface area contributed by atoms with Crippen molar-refractivity contribution in [1.82, 2.24) is 9.88 Å². The molecule has 0 amide bonds. The summed E-state index contributed by atoms with van der Waals surface area (Å²) in [4.78, 5) is 13.0. The summed E-state index contributed by atoms with van der Waals surface area (Å²) >= 11 is 1.65. The maximum atomic E-state index is 10.2. The van der Waals surface area contributed by atoms with Crippen LogP contribution >= 0.6 is 35.3 Å². The molecule has 1 aromatic heterocycles. The van der Waals surface area contributed by atoms with Crippen molar-refractivity contribution in [1.29, 1.82) is 0 Å². The lowest BCUT2D eigenvalue weighted by Gasteiger charge is -2.35. The minimum Gasteiger partial charge on any atom is -0.386 e. The molecule has 0 radical (unpaired) electrons. The summed E-state index contributed by atoms with van der Waals surface area (Å²) in [5.74, 6) is 0.500. The van der Waals surface area contributed by atoms with Crippen molar-refractivity contribution in [2.75, 3.05) is 37.6 Å². The molecule has 1 atom stereocenters. The first-order valence-corrected chi connectivity index (χ1v) is 8.95. The predicted octanol–water partition coefficient (Wildman–Crippen LogP) is 2.24. The van der Waals surface area contributed by atoms with Gasteiger partial charge in [0.05, 0.1) is 12.6 Å². The van der Waals surface area contributed by atoms with E-state index in [4.69, 9.17) is 5.73 Å². The second-order valence-electron chi connectivity index (χ2n) is 5.91. The largest absolute Gasteiger partial charge is 0.386 e. The molecular formula is C17H24IN5OS. The molecule has 25 heavy (non-hydrogen) atoms. The van der Waals surface area contributed by atoms with E-state index in [2.05, 4.69) is 19.8 Å². The molecule has 0 saturated carbocycles.